The monoisotopic (exact) mass is 489 g/mol. The van der Waals surface area contributed by atoms with Crippen molar-refractivity contribution in [1.82, 2.24) is 9.55 Å². The number of ketones is 1. The molecule has 0 radical (unpaired) electrons. The molecule has 0 saturated heterocycles. The van der Waals surface area contributed by atoms with Crippen LogP contribution in [0.1, 0.15) is 27.9 Å². The van der Waals surface area contributed by atoms with Gasteiger partial charge in [-0.05, 0) is 66.9 Å². The standard InChI is InChI=1S/C26H20ClN3O3S/c1-15-4-2-3-5-22(15)30-25(33)19-9-8-18(27)13-21(19)29-26(30)34-14-23(31)17-6-10-20-16(12-17)7-11-24(32)28-20/h2-6,8-10,12-13H,7,11,14H2,1H3,(H,28,32). The molecule has 1 aliphatic rings. The maximum absolute atomic E-state index is 13.5. The highest BCUT2D eigenvalue weighted by atomic mass is 35.5. The molecule has 1 N–H and O–H groups in total. The Labute approximate surface area is 205 Å². The molecule has 1 aromatic heterocycles. The summed E-state index contributed by atoms with van der Waals surface area (Å²) >= 11 is 7.36. The summed E-state index contributed by atoms with van der Waals surface area (Å²) in [5.74, 6) is 0.00971. The van der Waals surface area contributed by atoms with Crippen LogP contribution >= 0.6 is 23.4 Å². The van der Waals surface area contributed by atoms with Crippen LogP contribution in [0.5, 0.6) is 0 Å². The fourth-order valence-electron chi connectivity index (χ4n) is 4.03. The minimum Gasteiger partial charge on any atom is -0.326 e. The molecule has 0 aliphatic carbocycles. The van der Waals surface area contributed by atoms with E-state index in [1.807, 2.05) is 37.3 Å². The van der Waals surface area contributed by atoms with Gasteiger partial charge in [0, 0.05) is 22.7 Å². The van der Waals surface area contributed by atoms with Crippen LogP contribution in [0.15, 0.2) is 70.6 Å². The van der Waals surface area contributed by atoms with E-state index < -0.39 is 0 Å². The second-order valence-corrected chi connectivity index (χ2v) is 9.49. The Kier molecular flexibility index (Phi) is 5.98. The Hall–Kier alpha value is -3.42. The predicted molar refractivity (Wildman–Crippen MR) is 136 cm³/mol. The average Bonchev–Trinajstić information content (AvgIpc) is 2.83. The van der Waals surface area contributed by atoms with Gasteiger partial charge in [-0.15, -0.1) is 0 Å². The van der Waals surface area contributed by atoms with Crippen molar-refractivity contribution in [2.75, 3.05) is 11.1 Å². The summed E-state index contributed by atoms with van der Waals surface area (Å²) < 4.78 is 1.56. The third kappa shape index (κ3) is 4.24. The van der Waals surface area contributed by atoms with Gasteiger partial charge in [0.05, 0.1) is 22.3 Å². The van der Waals surface area contributed by atoms with Gasteiger partial charge in [-0.25, -0.2) is 4.98 Å². The van der Waals surface area contributed by atoms with E-state index in [4.69, 9.17) is 16.6 Å². The van der Waals surface area contributed by atoms with Crippen LogP contribution in [0, 0.1) is 6.92 Å². The number of aromatic nitrogens is 2. The molecule has 2 heterocycles. The predicted octanol–water partition coefficient (Wildman–Crippen LogP) is 5.21. The molecule has 0 unspecified atom stereocenters. The molecular formula is C26H20ClN3O3S. The van der Waals surface area contributed by atoms with Crippen molar-refractivity contribution < 1.29 is 9.59 Å². The van der Waals surface area contributed by atoms with Crippen LogP contribution in [0.2, 0.25) is 5.02 Å². The molecule has 0 bridgehead atoms. The summed E-state index contributed by atoms with van der Waals surface area (Å²) in [6.07, 6.45) is 1.01. The third-order valence-corrected chi connectivity index (χ3v) is 6.99. The number of carbonyl (C=O) groups is 2. The zero-order valence-corrected chi connectivity index (χ0v) is 19.9. The Morgan fingerprint density at radius 3 is 2.74 bits per heavy atom. The van der Waals surface area contributed by atoms with Gasteiger partial charge in [0.15, 0.2) is 10.9 Å². The van der Waals surface area contributed by atoms with E-state index in [1.165, 1.54) is 11.8 Å². The fraction of sp³-hybridized carbons (Fsp3) is 0.154. The molecule has 8 heteroatoms. The van der Waals surface area contributed by atoms with Gasteiger partial charge >= 0.3 is 0 Å². The first kappa shape index (κ1) is 22.4. The van der Waals surface area contributed by atoms with Gasteiger partial charge in [0.25, 0.3) is 5.56 Å². The quantitative estimate of drug-likeness (QED) is 0.236. The summed E-state index contributed by atoms with van der Waals surface area (Å²) in [7, 11) is 0. The van der Waals surface area contributed by atoms with Gasteiger partial charge < -0.3 is 5.32 Å². The highest BCUT2D eigenvalue weighted by molar-refractivity contribution is 7.99. The smallest absolute Gasteiger partial charge is 0.266 e. The maximum atomic E-state index is 13.5. The van der Waals surface area contributed by atoms with Crippen molar-refractivity contribution in [2.45, 2.75) is 24.9 Å². The Morgan fingerprint density at radius 2 is 1.91 bits per heavy atom. The number of fused-ring (bicyclic) bond motifs is 2. The topological polar surface area (TPSA) is 81.1 Å². The molecule has 1 aliphatic heterocycles. The van der Waals surface area contributed by atoms with Crippen LogP contribution in [0.4, 0.5) is 5.69 Å². The zero-order valence-electron chi connectivity index (χ0n) is 18.3. The van der Waals surface area contributed by atoms with Crippen molar-refractivity contribution in [2.24, 2.45) is 0 Å². The first-order valence-corrected chi connectivity index (χ1v) is 12.1. The SMILES string of the molecule is Cc1ccccc1-n1c(SCC(=O)c2ccc3c(c2)CCC(=O)N3)nc2cc(Cl)ccc2c1=O. The largest absolute Gasteiger partial charge is 0.326 e. The van der Waals surface area contributed by atoms with E-state index >= 15 is 0 Å². The summed E-state index contributed by atoms with van der Waals surface area (Å²) in [5.41, 5.74) is 4.18. The number of thioether (sulfide) groups is 1. The number of rotatable bonds is 5. The lowest BCUT2D eigenvalue weighted by molar-refractivity contribution is -0.116. The van der Waals surface area contributed by atoms with Crippen LogP contribution < -0.4 is 10.9 Å². The van der Waals surface area contributed by atoms with Gasteiger partial charge in [-0.1, -0.05) is 41.6 Å². The number of nitrogens with zero attached hydrogens (tertiary/aromatic N) is 2. The minimum absolute atomic E-state index is 0.0150. The molecule has 0 saturated carbocycles. The molecule has 170 valence electrons. The van der Waals surface area contributed by atoms with Crippen LogP contribution in [-0.2, 0) is 11.2 Å². The first-order chi connectivity index (χ1) is 16.4. The van der Waals surface area contributed by atoms with Crippen molar-refractivity contribution in [1.29, 1.82) is 0 Å². The van der Waals surface area contributed by atoms with E-state index in [1.54, 1.807) is 34.9 Å². The number of Topliss-reactive ketones (excluding diaryl/α,β-unsaturated/α-hetero) is 1. The van der Waals surface area contributed by atoms with Gasteiger partial charge in [0.1, 0.15) is 0 Å². The summed E-state index contributed by atoms with van der Waals surface area (Å²) in [4.78, 5) is 42.8. The lowest BCUT2D eigenvalue weighted by Gasteiger charge is -2.17. The van der Waals surface area contributed by atoms with E-state index in [0.717, 1.165) is 22.5 Å². The first-order valence-electron chi connectivity index (χ1n) is 10.8. The highest BCUT2D eigenvalue weighted by Crippen LogP contribution is 2.27. The van der Waals surface area contributed by atoms with Crippen molar-refractivity contribution in [3.8, 4) is 5.69 Å². The normalized spacial score (nSPS) is 12.9. The van der Waals surface area contributed by atoms with E-state index in [-0.39, 0.29) is 23.0 Å². The summed E-state index contributed by atoms with van der Waals surface area (Å²) in [5, 5.41) is 4.20. The lowest BCUT2D eigenvalue weighted by Crippen LogP contribution is -2.23. The van der Waals surface area contributed by atoms with E-state index in [9.17, 15) is 14.4 Å². The number of halogens is 1. The molecule has 34 heavy (non-hydrogen) atoms. The molecule has 3 aromatic carbocycles. The number of benzene rings is 3. The van der Waals surface area contributed by atoms with Crippen LogP contribution in [0.3, 0.4) is 0 Å². The molecular weight excluding hydrogens is 470 g/mol. The number of amides is 1. The molecule has 0 spiro atoms. The van der Waals surface area contributed by atoms with E-state index in [2.05, 4.69) is 5.32 Å². The number of para-hydroxylation sites is 1. The third-order valence-electron chi connectivity index (χ3n) is 5.81. The van der Waals surface area contributed by atoms with E-state index in [0.29, 0.717) is 39.5 Å². The van der Waals surface area contributed by atoms with Crippen LogP contribution in [0.25, 0.3) is 16.6 Å². The lowest BCUT2D eigenvalue weighted by atomic mass is 9.99. The Balaban J connectivity index is 1.51. The summed E-state index contributed by atoms with van der Waals surface area (Å²) in [6.45, 7) is 1.93. The van der Waals surface area contributed by atoms with Gasteiger partial charge in [-0.2, -0.15) is 0 Å². The number of anilines is 1. The second kappa shape index (κ2) is 9.08. The number of nitrogens with one attached hydrogen (secondary N) is 1. The average molecular weight is 490 g/mol. The number of aryl methyl sites for hydroxylation is 2. The minimum atomic E-state index is -0.213. The molecule has 4 aromatic rings. The van der Waals surface area contributed by atoms with Crippen LogP contribution in [-0.4, -0.2) is 27.0 Å². The molecule has 0 fully saturated rings. The van der Waals surface area contributed by atoms with Crippen molar-refractivity contribution >= 4 is 51.6 Å². The van der Waals surface area contributed by atoms with Crippen molar-refractivity contribution in [3.63, 3.8) is 0 Å². The molecule has 1 amide bonds. The highest BCUT2D eigenvalue weighted by Gasteiger charge is 2.19. The number of hydrogen-bond donors (Lipinski definition) is 1. The fourth-order valence-corrected chi connectivity index (χ4v) is 5.10. The molecule has 6 nitrogen and oxygen atoms in total. The second-order valence-electron chi connectivity index (χ2n) is 8.11. The zero-order chi connectivity index (χ0) is 23.8. The van der Waals surface area contributed by atoms with Crippen molar-refractivity contribution in [3.05, 3.63) is 92.7 Å². The number of carbonyl (C=O) groups excluding carboxylic acids is 2. The van der Waals surface area contributed by atoms with Gasteiger partial charge in [-0.3, -0.25) is 19.0 Å². The van der Waals surface area contributed by atoms with Gasteiger partial charge in [0.2, 0.25) is 5.91 Å². The molecule has 5 rings (SSSR count). The maximum Gasteiger partial charge on any atom is 0.266 e. The Morgan fingerprint density at radius 1 is 1.09 bits per heavy atom. The Bertz CT molecular complexity index is 1530. The summed E-state index contributed by atoms with van der Waals surface area (Å²) in [6, 6.07) is 17.9. The molecule has 0 atom stereocenters. The number of hydrogen-bond acceptors (Lipinski definition) is 5.